The van der Waals surface area contributed by atoms with Crippen molar-refractivity contribution in [3.05, 3.63) is 0 Å². The lowest BCUT2D eigenvalue weighted by molar-refractivity contribution is 0.00868. The Kier molecular flexibility index (Phi) is 5.72. The first-order valence-electron chi connectivity index (χ1n) is 8.69. The molecule has 22 heavy (non-hydrogen) atoms. The minimum atomic E-state index is -0.417. The summed E-state index contributed by atoms with van der Waals surface area (Å²) < 4.78 is 5.51. The van der Waals surface area contributed by atoms with E-state index < -0.39 is 5.60 Å². The quantitative estimate of drug-likeness (QED) is 0.851. The monoisotopic (exact) mass is 311 g/mol. The van der Waals surface area contributed by atoms with Gasteiger partial charge in [-0.05, 0) is 73.5 Å². The number of carbonyl (C=O) groups excluding carboxylic acids is 1. The van der Waals surface area contributed by atoms with Gasteiger partial charge in [0.15, 0.2) is 0 Å². The zero-order valence-corrected chi connectivity index (χ0v) is 14.9. The van der Waals surface area contributed by atoms with Crippen molar-refractivity contribution in [2.24, 2.45) is 0 Å². The number of hydrogen-bond donors (Lipinski definition) is 1. The van der Waals surface area contributed by atoms with Gasteiger partial charge in [0.05, 0.1) is 0 Å². The maximum Gasteiger partial charge on any atom is 0.410 e. The first-order chi connectivity index (χ1) is 10.2. The summed E-state index contributed by atoms with van der Waals surface area (Å²) in [6.45, 7) is 11.1. The summed E-state index contributed by atoms with van der Waals surface area (Å²) in [6.07, 6.45) is 4.34. The van der Waals surface area contributed by atoms with Crippen molar-refractivity contribution in [1.29, 1.82) is 0 Å². The van der Waals surface area contributed by atoms with Crippen LogP contribution in [0, 0.1) is 0 Å². The average molecular weight is 311 g/mol. The van der Waals surface area contributed by atoms with Crippen LogP contribution < -0.4 is 5.32 Å². The Morgan fingerprint density at radius 1 is 1.09 bits per heavy atom. The van der Waals surface area contributed by atoms with E-state index in [-0.39, 0.29) is 12.1 Å². The summed E-state index contributed by atoms with van der Waals surface area (Å²) in [7, 11) is 2.19. The number of amides is 1. The van der Waals surface area contributed by atoms with Crippen LogP contribution >= 0.6 is 0 Å². The minimum Gasteiger partial charge on any atom is -0.444 e. The van der Waals surface area contributed by atoms with Crippen LogP contribution in [0.15, 0.2) is 0 Å². The molecule has 128 valence electrons. The van der Waals surface area contributed by atoms with Crippen LogP contribution in [0.2, 0.25) is 0 Å². The summed E-state index contributed by atoms with van der Waals surface area (Å²) in [5, 5.41) is 3.81. The fraction of sp³-hybridized carbons (Fsp3) is 0.941. The van der Waals surface area contributed by atoms with Crippen molar-refractivity contribution >= 4 is 6.09 Å². The van der Waals surface area contributed by atoms with Crippen LogP contribution in [-0.2, 0) is 4.74 Å². The van der Waals surface area contributed by atoms with Crippen molar-refractivity contribution in [2.45, 2.75) is 77.1 Å². The van der Waals surface area contributed by atoms with Crippen LogP contribution in [0.5, 0.6) is 0 Å². The first-order valence-corrected chi connectivity index (χ1v) is 8.69. The lowest BCUT2D eigenvalue weighted by Crippen LogP contribution is -2.53. The van der Waals surface area contributed by atoms with E-state index in [0.29, 0.717) is 12.1 Å². The fourth-order valence-electron chi connectivity index (χ4n) is 3.42. The third-order valence-electron chi connectivity index (χ3n) is 4.69. The number of piperidine rings is 2. The van der Waals surface area contributed by atoms with Gasteiger partial charge in [0.2, 0.25) is 0 Å². The lowest BCUT2D eigenvalue weighted by Gasteiger charge is -2.40. The molecule has 2 rings (SSSR count). The van der Waals surface area contributed by atoms with Gasteiger partial charge < -0.3 is 19.9 Å². The second kappa shape index (κ2) is 7.18. The lowest BCUT2D eigenvalue weighted by atomic mass is 9.96. The van der Waals surface area contributed by atoms with Gasteiger partial charge in [-0.25, -0.2) is 4.79 Å². The molecular weight excluding hydrogens is 278 g/mol. The van der Waals surface area contributed by atoms with Crippen molar-refractivity contribution in [3.63, 3.8) is 0 Å². The van der Waals surface area contributed by atoms with E-state index in [1.807, 2.05) is 25.7 Å². The molecule has 0 bridgehead atoms. The molecule has 2 heterocycles. The highest BCUT2D eigenvalue weighted by atomic mass is 16.6. The van der Waals surface area contributed by atoms with Gasteiger partial charge in [0, 0.05) is 24.7 Å². The van der Waals surface area contributed by atoms with Crippen molar-refractivity contribution in [2.75, 3.05) is 26.7 Å². The Morgan fingerprint density at radius 3 is 2.23 bits per heavy atom. The maximum absolute atomic E-state index is 12.2. The number of nitrogens with one attached hydrogen (secondary N) is 1. The molecule has 1 amide bonds. The fourth-order valence-corrected chi connectivity index (χ4v) is 3.42. The molecule has 0 aromatic rings. The summed E-state index contributed by atoms with van der Waals surface area (Å²) in [6, 6.07) is 1.41. The van der Waals surface area contributed by atoms with Crippen LogP contribution in [0.25, 0.3) is 0 Å². The molecule has 5 heteroatoms. The predicted octanol–water partition coefficient (Wildman–Crippen LogP) is 2.46. The molecule has 0 radical (unpaired) electrons. The SMILES string of the molecule is CC1CC(NC2CCN(C)CC2)CCN1C(=O)OC(C)(C)C. The van der Waals surface area contributed by atoms with Crippen LogP contribution in [0.1, 0.15) is 53.4 Å². The van der Waals surface area contributed by atoms with Gasteiger partial charge >= 0.3 is 6.09 Å². The summed E-state index contributed by atoms with van der Waals surface area (Å²) in [4.78, 5) is 16.5. The number of ether oxygens (including phenoxy) is 1. The van der Waals surface area contributed by atoms with E-state index in [1.165, 1.54) is 25.9 Å². The molecule has 2 saturated heterocycles. The third-order valence-corrected chi connectivity index (χ3v) is 4.69. The predicted molar refractivity (Wildman–Crippen MR) is 89.1 cm³/mol. The van der Waals surface area contributed by atoms with Gasteiger partial charge in [-0.15, -0.1) is 0 Å². The molecule has 0 aromatic heterocycles. The van der Waals surface area contributed by atoms with E-state index in [9.17, 15) is 4.79 Å². The Labute approximate surface area is 135 Å². The van der Waals surface area contributed by atoms with Gasteiger partial charge in [0.25, 0.3) is 0 Å². The Morgan fingerprint density at radius 2 is 1.68 bits per heavy atom. The number of rotatable bonds is 2. The molecule has 0 saturated carbocycles. The normalized spacial score (nSPS) is 28.7. The smallest absolute Gasteiger partial charge is 0.410 e. The van der Waals surface area contributed by atoms with E-state index in [4.69, 9.17) is 4.74 Å². The topological polar surface area (TPSA) is 44.8 Å². The molecule has 0 aliphatic carbocycles. The second-order valence-corrected chi connectivity index (χ2v) is 7.99. The van der Waals surface area contributed by atoms with Crippen molar-refractivity contribution in [1.82, 2.24) is 15.1 Å². The largest absolute Gasteiger partial charge is 0.444 e. The summed E-state index contributed by atoms with van der Waals surface area (Å²) in [5.74, 6) is 0. The molecule has 2 fully saturated rings. The van der Waals surface area contributed by atoms with Crippen LogP contribution in [-0.4, -0.2) is 66.3 Å². The van der Waals surface area contributed by atoms with Crippen molar-refractivity contribution < 1.29 is 9.53 Å². The second-order valence-electron chi connectivity index (χ2n) is 7.99. The standard InChI is InChI=1S/C17H33N3O2/c1-13-12-15(18-14-6-9-19(5)10-7-14)8-11-20(13)16(21)22-17(2,3)4/h13-15,18H,6-12H2,1-5H3. The highest BCUT2D eigenvalue weighted by molar-refractivity contribution is 5.68. The molecule has 0 spiro atoms. The van der Waals surface area contributed by atoms with Crippen LogP contribution in [0.3, 0.4) is 0 Å². The summed E-state index contributed by atoms with van der Waals surface area (Å²) in [5.41, 5.74) is -0.417. The Hall–Kier alpha value is -0.810. The Bertz CT molecular complexity index is 373. The van der Waals surface area contributed by atoms with E-state index in [1.54, 1.807) is 0 Å². The van der Waals surface area contributed by atoms with E-state index >= 15 is 0 Å². The molecule has 2 aliphatic rings. The molecule has 0 aromatic carbocycles. The van der Waals surface area contributed by atoms with Gasteiger partial charge in [-0.1, -0.05) is 0 Å². The van der Waals surface area contributed by atoms with Gasteiger partial charge in [0.1, 0.15) is 5.60 Å². The molecule has 2 unspecified atom stereocenters. The molecule has 5 nitrogen and oxygen atoms in total. The number of hydrogen-bond acceptors (Lipinski definition) is 4. The molecule has 1 N–H and O–H groups in total. The molecular formula is C17H33N3O2. The zero-order chi connectivity index (χ0) is 16.3. The van der Waals surface area contributed by atoms with E-state index in [0.717, 1.165) is 19.4 Å². The third kappa shape index (κ3) is 5.13. The number of nitrogens with zero attached hydrogens (tertiary/aromatic N) is 2. The average Bonchev–Trinajstić information content (AvgIpc) is 2.39. The highest BCUT2D eigenvalue weighted by Gasteiger charge is 2.32. The summed E-state index contributed by atoms with van der Waals surface area (Å²) >= 11 is 0. The van der Waals surface area contributed by atoms with E-state index in [2.05, 4.69) is 24.2 Å². The highest BCUT2D eigenvalue weighted by Crippen LogP contribution is 2.22. The first kappa shape index (κ1) is 17.5. The number of likely N-dealkylation sites (tertiary alicyclic amines) is 2. The maximum atomic E-state index is 12.2. The van der Waals surface area contributed by atoms with Gasteiger partial charge in [-0.3, -0.25) is 0 Å². The van der Waals surface area contributed by atoms with Crippen molar-refractivity contribution in [3.8, 4) is 0 Å². The minimum absolute atomic E-state index is 0.169. The zero-order valence-electron chi connectivity index (χ0n) is 14.9. The van der Waals surface area contributed by atoms with Gasteiger partial charge in [-0.2, -0.15) is 0 Å². The van der Waals surface area contributed by atoms with Crippen LogP contribution in [0.4, 0.5) is 4.79 Å². The molecule has 2 atom stereocenters. The molecule has 2 aliphatic heterocycles. The number of carbonyl (C=O) groups is 1. The Balaban J connectivity index is 1.78.